The maximum absolute atomic E-state index is 13.0. The van der Waals surface area contributed by atoms with Crippen molar-refractivity contribution in [1.29, 1.82) is 0 Å². The molecule has 2 aliphatic heterocycles. The van der Waals surface area contributed by atoms with Gasteiger partial charge in [-0.3, -0.25) is 4.79 Å². The Morgan fingerprint density at radius 1 is 0.957 bits per heavy atom. The number of rotatable bonds is 2. The Hall–Kier alpha value is -2.36. The first kappa shape index (κ1) is 14.2. The van der Waals surface area contributed by atoms with Gasteiger partial charge in [-0.1, -0.05) is 24.3 Å². The van der Waals surface area contributed by atoms with Gasteiger partial charge in [-0.2, -0.15) is 0 Å². The summed E-state index contributed by atoms with van der Waals surface area (Å²) in [7, 11) is 0. The number of benzene rings is 1. The maximum atomic E-state index is 13.0. The molecule has 1 aromatic heterocycles. The van der Waals surface area contributed by atoms with Gasteiger partial charge >= 0.3 is 0 Å². The van der Waals surface area contributed by atoms with Gasteiger partial charge in [-0.25, -0.2) is 4.98 Å². The summed E-state index contributed by atoms with van der Waals surface area (Å²) in [6, 6.07) is 12.2. The van der Waals surface area contributed by atoms with Gasteiger partial charge in [0.25, 0.3) is 5.91 Å². The Kier molecular flexibility index (Phi) is 3.74. The number of anilines is 1. The summed E-state index contributed by atoms with van der Waals surface area (Å²) in [5, 5.41) is 0. The van der Waals surface area contributed by atoms with Gasteiger partial charge in [-0.05, 0) is 42.5 Å². The van der Waals surface area contributed by atoms with Crippen LogP contribution in [-0.2, 0) is 13.0 Å². The smallest absolute Gasteiger partial charge is 0.257 e. The minimum Gasteiger partial charge on any atom is -0.356 e. The van der Waals surface area contributed by atoms with Crippen LogP contribution >= 0.6 is 0 Å². The molecule has 0 spiro atoms. The lowest BCUT2D eigenvalue weighted by molar-refractivity contribution is 0.0735. The van der Waals surface area contributed by atoms with Crippen molar-refractivity contribution in [2.75, 3.05) is 24.5 Å². The Morgan fingerprint density at radius 3 is 2.57 bits per heavy atom. The summed E-state index contributed by atoms with van der Waals surface area (Å²) in [5.74, 6) is 0.961. The minimum atomic E-state index is 0.106. The van der Waals surface area contributed by atoms with Crippen molar-refractivity contribution in [3.63, 3.8) is 0 Å². The second-order valence-electron chi connectivity index (χ2n) is 6.31. The van der Waals surface area contributed by atoms with Gasteiger partial charge in [0, 0.05) is 32.4 Å². The molecule has 0 aliphatic carbocycles. The standard InChI is InChI=1S/C19H21N3O/c23-19(22-13-9-15-6-1-2-7-16(15)14-22)17-8-5-10-20-18(17)21-11-3-4-12-21/h1-2,5-8,10H,3-4,9,11-14H2. The summed E-state index contributed by atoms with van der Waals surface area (Å²) in [5.41, 5.74) is 3.37. The van der Waals surface area contributed by atoms with E-state index in [-0.39, 0.29) is 5.91 Å². The van der Waals surface area contributed by atoms with Crippen molar-refractivity contribution >= 4 is 11.7 Å². The molecule has 0 saturated carbocycles. The molecule has 2 aliphatic rings. The van der Waals surface area contributed by atoms with E-state index in [1.807, 2.05) is 23.1 Å². The van der Waals surface area contributed by atoms with Crippen LogP contribution in [0, 0.1) is 0 Å². The summed E-state index contributed by atoms with van der Waals surface area (Å²) in [4.78, 5) is 21.7. The molecule has 4 rings (SSSR count). The number of carbonyl (C=O) groups excluding carboxylic acids is 1. The minimum absolute atomic E-state index is 0.106. The molecule has 0 unspecified atom stereocenters. The second kappa shape index (κ2) is 6.03. The van der Waals surface area contributed by atoms with E-state index in [1.54, 1.807) is 6.20 Å². The van der Waals surface area contributed by atoms with Gasteiger partial charge in [0.15, 0.2) is 0 Å². The Morgan fingerprint density at radius 2 is 1.74 bits per heavy atom. The second-order valence-corrected chi connectivity index (χ2v) is 6.31. The molecule has 4 heteroatoms. The molecule has 1 amide bonds. The first-order valence-corrected chi connectivity index (χ1v) is 8.39. The van der Waals surface area contributed by atoms with E-state index < -0.39 is 0 Å². The molecule has 0 atom stereocenters. The van der Waals surface area contributed by atoms with Gasteiger partial charge in [-0.15, -0.1) is 0 Å². The highest BCUT2D eigenvalue weighted by molar-refractivity contribution is 5.99. The third-order valence-corrected chi connectivity index (χ3v) is 4.84. The van der Waals surface area contributed by atoms with Crippen LogP contribution < -0.4 is 4.90 Å². The molecule has 23 heavy (non-hydrogen) atoms. The zero-order valence-electron chi connectivity index (χ0n) is 13.2. The predicted molar refractivity (Wildman–Crippen MR) is 90.6 cm³/mol. The van der Waals surface area contributed by atoms with Crippen molar-refractivity contribution < 1.29 is 4.79 Å². The molecule has 0 radical (unpaired) electrons. The highest BCUT2D eigenvalue weighted by Crippen LogP contribution is 2.26. The van der Waals surface area contributed by atoms with Crippen molar-refractivity contribution in [3.8, 4) is 0 Å². The van der Waals surface area contributed by atoms with E-state index in [4.69, 9.17) is 0 Å². The van der Waals surface area contributed by atoms with E-state index in [2.05, 4.69) is 28.1 Å². The van der Waals surface area contributed by atoms with Gasteiger partial charge in [0.1, 0.15) is 5.82 Å². The zero-order chi connectivity index (χ0) is 15.6. The topological polar surface area (TPSA) is 36.4 Å². The van der Waals surface area contributed by atoms with E-state index in [9.17, 15) is 4.79 Å². The number of hydrogen-bond acceptors (Lipinski definition) is 3. The Bertz CT molecular complexity index is 722. The average molecular weight is 307 g/mol. The number of hydrogen-bond donors (Lipinski definition) is 0. The van der Waals surface area contributed by atoms with Crippen LogP contribution in [0.4, 0.5) is 5.82 Å². The zero-order valence-corrected chi connectivity index (χ0v) is 13.2. The molecule has 118 valence electrons. The van der Waals surface area contributed by atoms with Crippen LogP contribution in [0.1, 0.15) is 34.3 Å². The number of aromatic nitrogens is 1. The lowest BCUT2D eigenvalue weighted by Crippen LogP contribution is -2.37. The Labute approximate surface area is 136 Å². The summed E-state index contributed by atoms with van der Waals surface area (Å²) in [6.07, 6.45) is 5.08. The van der Waals surface area contributed by atoms with Crippen molar-refractivity contribution in [1.82, 2.24) is 9.88 Å². The number of carbonyl (C=O) groups is 1. The maximum Gasteiger partial charge on any atom is 0.257 e. The lowest BCUT2D eigenvalue weighted by Gasteiger charge is -2.30. The van der Waals surface area contributed by atoms with E-state index in [1.165, 1.54) is 24.0 Å². The molecule has 0 N–H and O–H groups in total. The fraction of sp³-hybridized carbons (Fsp3) is 0.368. The van der Waals surface area contributed by atoms with Crippen LogP contribution in [0.5, 0.6) is 0 Å². The highest BCUT2D eigenvalue weighted by atomic mass is 16.2. The third-order valence-electron chi connectivity index (χ3n) is 4.84. The van der Waals surface area contributed by atoms with Gasteiger partial charge in [0.2, 0.25) is 0 Å². The fourth-order valence-corrected chi connectivity index (χ4v) is 3.58. The number of amides is 1. The van der Waals surface area contributed by atoms with Crippen LogP contribution in [0.15, 0.2) is 42.6 Å². The lowest BCUT2D eigenvalue weighted by atomic mass is 9.99. The summed E-state index contributed by atoms with van der Waals surface area (Å²) in [6.45, 7) is 3.48. The van der Waals surface area contributed by atoms with Crippen LogP contribution in [0.2, 0.25) is 0 Å². The molecule has 1 saturated heterocycles. The largest absolute Gasteiger partial charge is 0.356 e. The monoisotopic (exact) mass is 307 g/mol. The molecular weight excluding hydrogens is 286 g/mol. The number of nitrogens with zero attached hydrogens (tertiary/aromatic N) is 3. The SMILES string of the molecule is O=C(c1cccnc1N1CCCC1)N1CCc2ccccc2C1. The fourth-order valence-electron chi connectivity index (χ4n) is 3.58. The molecule has 3 heterocycles. The summed E-state index contributed by atoms with van der Waals surface area (Å²) >= 11 is 0. The first-order valence-electron chi connectivity index (χ1n) is 8.39. The average Bonchev–Trinajstić information content (AvgIpc) is 3.15. The predicted octanol–water partition coefficient (Wildman–Crippen LogP) is 2.88. The number of fused-ring (bicyclic) bond motifs is 1. The summed E-state index contributed by atoms with van der Waals surface area (Å²) < 4.78 is 0. The first-order chi connectivity index (χ1) is 11.3. The third kappa shape index (κ3) is 2.69. The quantitative estimate of drug-likeness (QED) is 0.856. The van der Waals surface area contributed by atoms with Gasteiger partial charge < -0.3 is 9.80 Å². The van der Waals surface area contributed by atoms with Crippen molar-refractivity contribution in [2.24, 2.45) is 0 Å². The molecule has 4 nitrogen and oxygen atoms in total. The highest BCUT2D eigenvalue weighted by Gasteiger charge is 2.26. The molecule has 1 fully saturated rings. The van der Waals surface area contributed by atoms with Crippen molar-refractivity contribution in [3.05, 3.63) is 59.3 Å². The number of pyridine rings is 1. The van der Waals surface area contributed by atoms with E-state index in [0.29, 0.717) is 6.54 Å². The normalized spacial score (nSPS) is 17.2. The van der Waals surface area contributed by atoms with Gasteiger partial charge in [0.05, 0.1) is 5.56 Å². The molecule has 1 aromatic carbocycles. The molecular formula is C19H21N3O. The van der Waals surface area contributed by atoms with E-state index >= 15 is 0 Å². The van der Waals surface area contributed by atoms with Crippen molar-refractivity contribution in [2.45, 2.75) is 25.8 Å². The molecule has 2 aromatic rings. The van der Waals surface area contributed by atoms with Crippen LogP contribution in [0.3, 0.4) is 0 Å². The molecule has 0 bridgehead atoms. The van der Waals surface area contributed by atoms with Crippen LogP contribution in [-0.4, -0.2) is 35.4 Å². The van der Waals surface area contributed by atoms with Crippen LogP contribution in [0.25, 0.3) is 0 Å². The van der Waals surface area contributed by atoms with E-state index in [0.717, 1.165) is 37.4 Å². The Balaban J connectivity index is 1.60.